The van der Waals surface area contributed by atoms with Gasteiger partial charge in [-0.25, -0.2) is 13.8 Å². The molecule has 1 amide bonds. The summed E-state index contributed by atoms with van der Waals surface area (Å²) in [5.41, 5.74) is 1.12. The lowest BCUT2D eigenvalue weighted by atomic mass is 9.82. The molecule has 180 valence electrons. The van der Waals surface area contributed by atoms with E-state index < -0.39 is 5.92 Å². The van der Waals surface area contributed by atoms with Gasteiger partial charge in [0.05, 0.1) is 17.1 Å². The molecule has 0 aromatic carbocycles. The Hall–Kier alpha value is -1.52. The summed E-state index contributed by atoms with van der Waals surface area (Å²) in [6, 6.07) is 0.271. The molecule has 0 saturated heterocycles. The number of alkyl halides is 2. The van der Waals surface area contributed by atoms with Crippen molar-refractivity contribution in [1.82, 2.24) is 25.4 Å². The Bertz CT molecular complexity index is 977. The van der Waals surface area contributed by atoms with Crippen molar-refractivity contribution in [1.29, 1.82) is 0 Å². The molecular formula is C23H31F2N5OS2. The van der Waals surface area contributed by atoms with Gasteiger partial charge in [-0.2, -0.15) is 0 Å². The summed E-state index contributed by atoms with van der Waals surface area (Å²) in [6.07, 6.45) is 6.80. The fourth-order valence-electron chi connectivity index (χ4n) is 5.26. The molecule has 6 nitrogen and oxygen atoms in total. The van der Waals surface area contributed by atoms with Crippen molar-refractivity contribution in [2.45, 2.75) is 89.1 Å². The third-order valence-electron chi connectivity index (χ3n) is 7.21. The van der Waals surface area contributed by atoms with Crippen molar-refractivity contribution in [3.05, 3.63) is 25.6 Å². The van der Waals surface area contributed by atoms with Crippen LogP contribution in [0.3, 0.4) is 0 Å². The summed E-state index contributed by atoms with van der Waals surface area (Å²) in [5, 5.41) is 13.8. The summed E-state index contributed by atoms with van der Waals surface area (Å²) in [7, 11) is 0. The predicted octanol–water partition coefficient (Wildman–Crippen LogP) is 4.48. The van der Waals surface area contributed by atoms with Crippen molar-refractivity contribution < 1.29 is 13.6 Å². The number of hydrogen-bond acceptors (Lipinski definition) is 7. The first kappa shape index (κ1) is 23.2. The van der Waals surface area contributed by atoms with Gasteiger partial charge in [-0.3, -0.25) is 9.69 Å². The smallest absolute Gasteiger partial charge is 0.249 e. The molecule has 1 aliphatic heterocycles. The molecule has 3 aliphatic rings. The van der Waals surface area contributed by atoms with E-state index in [1.54, 1.807) is 11.3 Å². The van der Waals surface area contributed by atoms with Crippen molar-refractivity contribution >= 4 is 28.6 Å². The van der Waals surface area contributed by atoms with Crippen LogP contribution in [0.15, 0.2) is 0 Å². The van der Waals surface area contributed by atoms with E-state index in [4.69, 9.17) is 4.98 Å². The molecule has 0 spiro atoms. The minimum Gasteiger partial charge on any atom is -0.353 e. The number of hydrogen-bond donors (Lipinski definition) is 1. The second-order valence-electron chi connectivity index (χ2n) is 9.87. The number of nitrogens with one attached hydrogen (secondary N) is 1. The van der Waals surface area contributed by atoms with E-state index in [1.807, 2.05) is 6.92 Å². The van der Waals surface area contributed by atoms with Gasteiger partial charge in [0, 0.05) is 42.8 Å². The lowest BCUT2D eigenvalue weighted by Gasteiger charge is -2.33. The lowest BCUT2D eigenvalue weighted by molar-refractivity contribution is -0.121. The quantitative estimate of drug-likeness (QED) is 0.613. The minimum absolute atomic E-state index is 0.0337. The summed E-state index contributed by atoms with van der Waals surface area (Å²) in [5.74, 6) is -1.77. The molecule has 2 saturated carbocycles. The van der Waals surface area contributed by atoms with Crippen LogP contribution < -0.4 is 5.32 Å². The Labute approximate surface area is 201 Å². The van der Waals surface area contributed by atoms with E-state index in [9.17, 15) is 13.6 Å². The standard InChI is InChI=1S/C23H31F2N5OS2/c1-14-28-29-21(32-14)10-20(31)26-17-4-2-15(3-5-17)6-8-30-9-7-19-18(13-30)27-22(33-19)16-11-23(24,25)12-16/h15-17H,2-13H2,1H3,(H,26,31). The highest BCUT2D eigenvalue weighted by atomic mass is 32.1. The molecule has 10 heteroatoms. The van der Waals surface area contributed by atoms with Gasteiger partial charge in [-0.1, -0.05) is 0 Å². The normalized spacial score (nSPS) is 25.4. The number of thiazole rings is 1. The van der Waals surface area contributed by atoms with Gasteiger partial charge in [-0.05, 0) is 57.9 Å². The monoisotopic (exact) mass is 495 g/mol. The highest BCUT2D eigenvalue weighted by Crippen LogP contribution is 2.49. The first-order valence-corrected chi connectivity index (χ1v) is 13.6. The maximum atomic E-state index is 13.2. The zero-order valence-electron chi connectivity index (χ0n) is 19.0. The summed E-state index contributed by atoms with van der Waals surface area (Å²) < 4.78 is 26.4. The summed E-state index contributed by atoms with van der Waals surface area (Å²) in [4.78, 5) is 20.8. The Morgan fingerprint density at radius 3 is 2.67 bits per heavy atom. The van der Waals surface area contributed by atoms with Crippen LogP contribution in [0.1, 0.15) is 76.5 Å². The molecule has 2 aliphatic carbocycles. The number of aryl methyl sites for hydroxylation is 1. The van der Waals surface area contributed by atoms with Crippen LogP contribution in [0.25, 0.3) is 0 Å². The number of carbonyl (C=O) groups is 1. The highest BCUT2D eigenvalue weighted by Gasteiger charge is 2.47. The predicted molar refractivity (Wildman–Crippen MR) is 125 cm³/mol. The molecule has 0 unspecified atom stereocenters. The number of carbonyl (C=O) groups excluding carboxylic acids is 1. The maximum absolute atomic E-state index is 13.2. The van der Waals surface area contributed by atoms with Gasteiger partial charge in [0.2, 0.25) is 11.8 Å². The first-order valence-electron chi connectivity index (χ1n) is 12.0. The van der Waals surface area contributed by atoms with Gasteiger partial charge in [0.15, 0.2) is 0 Å². The van der Waals surface area contributed by atoms with Crippen molar-refractivity contribution in [3.8, 4) is 0 Å². The highest BCUT2D eigenvalue weighted by molar-refractivity contribution is 7.12. The van der Waals surface area contributed by atoms with E-state index in [0.29, 0.717) is 12.3 Å². The summed E-state index contributed by atoms with van der Waals surface area (Å²) >= 11 is 3.14. The SMILES string of the molecule is Cc1nnc(CC(=O)NC2CCC(CCN3CCc4sc(C5CC(F)(F)C5)nc4C3)CC2)s1. The third-order valence-corrected chi connectivity index (χ3v) is 9.37. The van der Waals surface area contributed by atoms with Gasteiger partial charge in [-0.15, -0.1) is 32.9 Å². The summed E-state index contributed by atoms with van der Waals surface area (Å²) in [6.45, 7) is 4.85. The van der Waals surface area contributed by atoms with Gasteiger partial charge in [0.1, 0.15) is 10.0 Å². The number of nitrogens with zero attached hydrogens (tertiary/aromatic N) is 4. The van der Waals surface area contributed by atoms with Crippen LogP contribution in [0, 0.1) is 12.8 Å². The molecule has 33 heavy (non-hydrogen) atoms. The van der Waals surface area contributed by atoms with E-state index in [1.165, 1.54) is 22.6 Å². The van der Waals surface area contributed by atoms with E-state index in [0.717, 1.165) is 72.5 Å². The van der Waals surface area contributed by atoms with Crippen LogP contribution in [0.4, 0.5) is 8.78 Å². The fraction of sp³-hybridized carbons (Fsp3) is 0.739. The number of fused-ring (bicyclic) bond motifs is 1. The molecule has 0 radical (unpaired) electrons. The Morgan fingerprint density at radius 1 is 1.18 bits per heavy atom. The van der Waals surface area contributed by atoms with Crippen molar-refractivity contribution in [2.24, 2.45) is 5.92 Å². The maximum Gasteiger partial charge on any atom is 0.249 e. The number of halogens is 2. The fourth-order valence-corrected chi connectivity index (χ4v) is 7.13. The molecule has 2 aromatic heterocycles. The molecule has 2 fully saturated rings. The zero-order valence-corrected chi connectivity index (χ0v) is 20.6. The van der Waals surface area contributed by atoms with Gasteiger partial charge < -0.3 is 5.32 Å². The molecule has 0 bridgehead atoms. The number of amides is 1. The van der Waals surface area contributed by atoms with Crippen LogP contribution in [0.2, 0.25) is 0 Å². The second-order valence-corrected chi connectivity index (χ2v) is 12.3. The zero-order chi connectivity index (χ0) is 23.0. The van der Waals surface area contributed by atoms with E-state index >= 15 is 0 Å². The van der Waals surface area contributed by atoms with Crippen molar-refractivity contribution in [3.63, 3.8) is 0 Å². The van der Waals surface area contributed by atoms with Gasteiger partial charge >= 0.3 is 0 Å². The molecule has 0 atom stereocenters. The van der Waals surface area contributed by atoms with Crippen molar-refractivity contribution in [2.75, 3.05) is 13.1 Å². The number of rotatable bonds is 7. The van der Waals surface area contributed by atoms with E-state index in [2.05, 4.69) is 20.4 Å². The first-order chi connectivity index (χ1) is 15.8. The molecule has 3 heterocycles. The van der Waals surface area contributed by atoms with Crippen LogP contribution in [-0.4, -0.2) is 51.0 Å². The average Bonchev–Trinajstić information content (AvgIpc) is 3.36. The molecule has 2 aromatic rings. The Morgan fingerprint density at radius 2 is 1.97 bits per heavy atom. The molecule has 5 rings (SSSR count). The van der Waals surface area contributed by atoms with Gasteiger partial charge in [0.25, 0.3) is 0 Å². The van der Waals surface area contributed by atoms with Crippen LogP contribution in [-0.2, 0) is 24.2 Å². The van der Waals surface area contributed by atoms with E-state index in [-0.39, 0.29) is 30.7 Å². The topological polar surface area (TPSA) is 71.0 Å². The van der Waals surface area contributed by atoms with Crippen LogP contribution >= 0.6 is 22.7 Å². The minimum atomic E-state index is -2.48. The Balaban J connectivity index is 1.02. The second kappa shape index (κ2) is 9.62. The lowest BCUT2D eigenvalue weighted by Crippen LogP contribution is -2.39. The average molecular weight is 496 g/mol. The van der Waals surface area contributed by atoms with Crippen LogP contribution in [0.5, 0.6) is 0 Å². The largest absolute Gasteiger partial charge is 0.353 e. The number of aromatic nitrogens is 3. The molecular weight excluding hydrogens is 464 g/mol. The Kier molecular flexibility index (Phi) is 6.77. The third kappa shape index (κ3) is 5.77. The molecule has 1 N–H and O–H groups in total.